The average Bonchev–Trinajstić information content (AvgIpc) is 3.58. The Hall–Kier alpha value is -7.16. The molecular weight excluding hydrogens is 677 g/mol. The molecule has 0 aliphatic heterocycles. The molecule has 1 atom stereocenters. The molecule has 0 fully saturated rings. The second-order valence-electron chi connectivity index (χ2n) is 15.2. The third-order valence-corrected chi connectivity index (χ3v) is 12.3. The van der Waals surface area contributed by atoms with Gasteiger partial charge in [0.25, 0.3) is 0 Å². The molecule has 2 aliphatic rings. The molecule has 0 amide bonds. The summed E-state index contributed by atoms with van der Waals surface area (Å²) in [7, 11) is 0. The largest absolute Gasteiger partial charge is 0.248 e. The first kappa shape index (κ1) is 31.2. The molecule has 0 spiro atoms. The standard InChI is InChI=1S/C54H34N2/c1-32-47-39-21-8-5-16-34(39)26-28-44(47)50-43-25-12-11-24-42(43)49-40-22-9-7-18-37(40)31-45(51(49)48(32)50)54-52(38-20-13-19-36(30-38)33-14-3-2-4-15-33)55-46-29-27-35-17-6-10-23-41(35)53(46)56-54/h2-30,45H,1,31H2. The van der Waals surface area contributed by atoms with Crippen LogP contribution < -0.4 is 0 Å². The van der Waals surface area contributed by atoms with Gasteiger partial charge in [0.15, 0.2) is 0 Å². The van der Waals surface area contributed by atoms with Gasteiger partial charge in [-0.15, -0.1) is 0 Å². The van der Waals surface area contributed by atoms with Gasteiger partial charge in [-0.05, 0) is 107 Å². The Morgan fingerprint density at radius 2 is 1.09 bits per heavy atom. The van der Waals surface area contributed by atoms with Crippen LogP contribution in [-0.2, 0) is 6.42 Å². The van der Waals surface area contributed by atoms with Gasteiger partial charge in [0.2, 0.25) is 0 Å². The van der Waals surface area contributed by atoms with Crippen molar-refractivity contribution < 1.29 is 0 Å². The van der Waals surface area contributed by atoms with Crippen LogP contribution in [-0.4, -0.2) is 9.97 Å². The number of nitrogens with zero attached hydrogens (tertiary/aromatic N) is 2. The first-order chi connectivity index (χ1) is 27.7. The third kappa shape index (κ3) is 4.44. The van der Waals surface area contributed by atoms with E-state index in [0.29, 0.717) is 0 Å². The van der Waals surface area contributed by atoms with Gasteiger partial charge in [-0.25, -0.2) is 9.97 Å². The smallest absolute Gasteiger partial charge is 0.0969 e. The molecule has 0 N–H and O–H groups in total. The summed E-state index contributed by atoms with van der Waals surface area (Å²) in [4.78, 5) is 11.4. The molecule has 12 rings (SSSR count). The van der Waals surface area contributed by atoms with Crippen LogP contribution in [0.15, 0.2) is 183 Å². The van der Waals surface area contributed by atoms with Crippen LogP contribution in [0.1, 0.15) is 33.9 Å². The van der Waals surface area contributed by atoms with Crippen molar-refractivity contribution in [1.29, 1.82) is 0 Å². The van der Waals surface area contributed by atoms with E-state index in [4.69, 9.17) is 16.5 Å². The van der Waals surface area contributed by atoms with Crippen molar-refractivity contribution in [1.82, 2.24) is 9.97 Å². The fourth-order valence-corrected chi connectivity index (χ4v) is 9.85. The molecule has 0 radical (unpaired) electrons. The molecule has 260 valence electrons. The molecule has 1 unspecified atom stereocenters. The Bertz CT molecular complexity index is 3300. The first-order valence-electron chi connectivity index (χ1n) is 19.4. The normalized spacial score (nSPS) is 14.2. The molecule has 2 aliphatic carbocycles. The van der Waals surface area contributed by atoms with Gasteiger partial charge >= 0.3 is 0 Å². The molecular formula is C54H34N2. The van der Waals surface area contributed by atoms with Gasteiger partial charge < -0.3 is 0 Å². The van der Waals surface area contributed by atoms with E-state index < -0.39 is 0 Å². The summed E-state index contributed by atoms with van der Waals surface area (Å²) in [6.45, 7) is 4.97. The minimum Gasteiger partial charge on any atom is -0.248 e. The molecule has 2 heteroatoms. The summed E-state index contributed by atoms with van der Waals surface area (Å²) in [5.74, 6) is -0.0955. The van der Waals surface area contributed by atoms with E-state index in [1.165, 1.54) is 71.6 Å². The highest BCUT2D eigenvalue weighted by Crippen LogP contribution is 2.58. The molecule has 10 aromatic rings. The summed E-state index contributed by atoms with van der Waals surface area (Å²) in [5, 5.41) is 7.28. The number of aromatic nitrogens is 2. The van der Waals surface area contributed by atoms with Crippen molar-refractivity contribution in [3.63, 3.8) is 0 Å². The zero-order valence-corrected chi connectivity index (χ0v) is 30.6. The van der Waals surface area contributed by atoms with Gasteiger partial charge in [0.05, 0.1) is 22.4 Å². The first-order valence-corrected chi connectivity index (χ1v) is 19.4. The summed E-state index contributed by atoms with van der Waals surface area (Å²) in [5.41, 5.74) is 18.5. The van der Waals surface area contributed by atoms with Gasteiger partial charge in [-0.2, -0.15) is 0 Å². The van der Waals surface area contributed by atoms with Crippen molar-refractivity contribution in [3.8, 4) is 44.6 Å². The van der Waals surface area contributed by atoms with Gasteiger partial charge in [-0.3, -0.25) is 0 Å². The predicted molar refractivity (Wildman–Crippen MR) is 234 cm³/mol. The van der Waals surface area contributed by atoms with E-state index >= 15 is 0 Å². The van der Waals surface area contributed by atoms with Crippen LogP contribution >= 0.6 is 0 Å². The maximum atomic E-state index is 5.82. The molecule has 1 heterocycles. The van der Waals surface area contributed by atoms with E-state index in [-0.39, 0.29) is 5.92 Å². The lowest BCUT2D eigenvalue weighted by atomic mass is 9.71. The fraction of sp³-hybridized carbons (Fsp3) is 0.0370. The highest BCUT2D eigenvalue weighted by Gasteiger charge is 2.39. The van der Waals surface area contributed by atoms with Crippen LogP contribution in [0.3, 0.4) is 0 Å². The predicted octanol–water partition coefficient (Wildman–Crippen LogP) is 13.8. The van der Waals surface area contributed by atoms with Crippen molar-refractivity contribution in [2.24, 2.45) is 0 Å². The maximum Gasteiger partial charge on any atom is 0.0969 e. The lowest BCUT2D eigenvalue weighted by Gasteiger charge is -2.32. The molecule has 0 saturated carbocycles. The summed E-state index contributed by atoms with van der Waals surface area (Å²) in [6, 6.07) is 63.7. The van der Waals surface area contributed by atoms with Crippen molar-refractivity contribution in [3.05, 3.63) is 210 Å². The van der Waals surface area contributed by atoms with Gasteiger partial charge in [0.1, 0.15) is 0 Å². The maximum absolute atomic E-state index is 5.82. The molecule has 9 aromatic carbocycles. The Balaban J connectivity index is 1.22. The molecule has 0 saturated heterocycles. The Labute approximate surface area is 325 Å². The highest BCUT2D eigenvalue weighted by atomic mass is 14.8. The van der Waals surface area contributed by atoms with Gasteiger partial charge in [-0.1, -0.05) is 170 Å². The fourth-order valence-electron chi connectivity index (χ4n) is 9.85. The topological polar surface area (TPSA) is 25.8 Å². The Morgan fingerprint density at radius 3 is 1.93 bits per heavy atom. The third-order valence-electron chi connectivity index (χ3n) is 12.3. The van der Waals surface area contributed by atoms with Crippen LogP contribution in [0.2, 0.25) is 0 Å². The minimum atomic E-state index is -0.0955. The van der Waals surface area contributed by atoms with Crippen LogP contribution in [0, 0.1) is 0 Å². The number of benzene rings is 9. The van der Waals surface area contributed by atoms with Crippen LogP contribution in [0.5, 0.6) is 0 Å². The second kappa shape index (κ2) is 11.9. The zero-order chi connectivity index (χ0) is 36.9. The monoisotopic (exact) mass is 710 g/mol. The van der Waals surface area contributed by atoms with Crippen molar-refractivity contribution in [2.45, 2.75) is 12.3 Å². The van der Waals surface area contributed by atoms with Crippen molar-refractivity contribution in [2.75, 3.05) is 0 Å². The Kier molecular flexibility index (Phi) is 6.64. The van der Waals surface area contributed by atoms with Crippen LogP contribution in [0.25, 0.3) is 93.6 Å². The summed E-state index contributed by atoms with van der Waals surface area (Å²) >= 11 is 0. The molecule has 0 bridgehead atoms. The number of fused-ring (bicyclic) bond motifs is 15. The highest BCUT2D eigenvalue weighted by molar-refractivity contribution is 6.21. The number of rotatable bonds is 3. The van der Waals surface area contributed by atoms with Crippen LogP contribution in [0.4, 0.5) is 0 Å². The van der Waals surface area contributed by atoms with E-state index in [0.717, 1.165) is 56.3 Å². The van der Waals surface area contributed by atoms with Crippen molar-refractivity contribution >= 4 is 48.9 Å². The number of hydrogen-bond acceptors (Lipinski definition) is 2. The zero-order valence-electron chi connectivity index (χ0n) is 30.6. The van der Waals surface area contributed by atoms with E-state index in [9.17, 15) is 0 Å². The lowest BCUT2D eigenvalue weighted by molar-refractivity contribution is 0.766. The van der Waals surface area contributed by atoms with Gasteiger partial charge in [0, 0.05) is 16.9 Å². The SMILES string of the molecule is C=C1c2c3c(c4ccccc4c2-c2ccc4ccccc4c21)-c1ccccc1CC3c1nc2c(ccc3ccccc32)nc1-c1cccc(-c2ccccc2)c1. The summed E-state index contributed by atoms with van der Waals surface area (Å²) in [6.07, 6.45) is 0.800. The van der Waals surface area contributed by atoms with E-state index in [1.807, 2.05) is 0 Å². The molecule has 2 nitrogen and oxygen atoms in total. The minimum absolute atomic E-state index is 0.0955. The number of hydrogen-bond donors (Lipinski definition) is 0. The molecule has 56 heavy (non-hydrogen) atoms. The second-order valence-corrected chi connectivity index (χ2v) is 15.2. The van der Waals surface area contributed by atoms with E-state index in [2.05, 4.69) is 176 Å². The quantitative estimate of drug-likeness (QED) is 0.171. The average molecular weight is 711 g/mol. The Morgan fingerprint density at radius 1 is 0.446 bits per heavy atom. The summed E-state index contributed by atoms with van der Waals surface area (Å²) < 4.78 is 0. The van der Waals surface area contributed by atoms with E-state index in [1.54, 1.807) is 0 Å². The molecule has 1 aromatic heterocycles. The lowest BCUT2D eigenvalue weighted by Crippen LogP contribution is -2.18.